The molecule has 3 aliphatic heterocycles. The van der Waals surface area contributed by atoms with Gasteiger partial charge in [0.1, 0.15) is 5.52 Å². The normalized spacial score (nSPS) is 26.8. The van der Waals surface area contributed by atoms with Gasteiger partial charge in [-0.15, -0.1) is 0 Å². The molecule has 0 aromatic carbocycles. The summed E-state index contributed by atoms with van der Waals surface area (Å²) in [6.07, 6.45) is 9.20. The monoisotopic (exact) mass is 399 g/mol. The summed E-state index contributed by atoms with van der Waals surface area (Å²) in [5, 5.41) is 3.18. The number of piperidine rings is 1. The predicted octanol–water partition coefficient (Wildman–Crippen LogP) is 1.77. The SMILES string of the molecule is O=C(N[C@H]1COC[C@@H]1N1CCCCC1)c1cnc2c(c1)ncn2C1CCOCC1. The summed E-state index contributed by atoms with van der Waals surface area (Å²) in [5.41, 5.74) is 2.15. The van der Waals surface area contributed by atoms with Crippen molar-refractivity contribution >= 4 is 17.1 Å². The highest BCUT2D eigenvalue weighted by atomic mass is 16.5. The Morgan fingerprint density at radius 1 is 1.07 bits per heavy atom. The number of rotatable bonds is 4. The van der Waals surface area contributed by atoms with E-state index in [2.05, 4.69) is 24.8 Å². The van der Waals surface area contributed by atoms with E-state index < -0.39 is 0 Å². The lowest BCUT2D eigenvalue weighted by Gasteiger charge is -2.34. The molecule has 156 valence electrons. The molecule has 0 saturated carbocycles. The fraction of sp³-hybridized carbons (Fsp3) is 0.667. The van der Waals surface area contributed by atoms with Gasteiger partial charge in [0.15, 0.2) is 5.65 Å². The summed E-state index contributed by atoms with van der Waals surface area (Å²) in [6.45, 7) is 4.99. The molecule has 8 heteroatoms. The van der Waals surface area contributed by atoms with Crippen molar-refractivity contribution in [1.29, 1.82) is 0 Å². The Morgan fingerprint density at radius 2 is 1.90 bits per heavy atom. The number of aromatic nitrogens is 3. The second-order valence-electron chi connectivity index (χ2n) is 8.34. The van der Waals surface area contributed by atoms with Crippen LogP contribution in [-0.4, -0.2) is 76.9 Å². The molecule has 5 rings (SSSR count). The lowest BCUT2D eigenvalue weighted by Crippen LogP contribution is -2.52. The fourth-order valence-electron chi connectivity index (χ4n) is 4.82. The molecule has 0 aliphatic carbocycles. The lowest BCUT2D eigenvalue weighted by atomic mass is 10.0. The summed E-state index contributed by atoms with van der Waals surface area (Å²) in [5.74, 6) is -0.0995. The smallest absolute Gasteiger partial charge is 0.253 e. The number of hydrogen-bond acceptors (Lipinski definition) is 6. The number of nitrogens with one attached hydrogen (secondary N) is 1. The molecule has 0 spiro atoms. The number of pyridine rings is 1. The summed E-state index contributed by atoms with van der Waals surface area (Å²) < 4.78 is 13.3. The number of hydrogen-bond donors (Lipinski definition) is 1. The molecule has 0 bridgehead atoms. The molecule has 8 nitrogen and oxygen atoms in total. The third-order valence-corrected chi connectivity index (χ3v) is 6.49. The van der Waals surface area contributed by atoms with Crippen LogP contribution in [0.15, 0.2) is 18.6 Å². The van der Waals surface area contributed by atoms with E-state index in [9.17, 15) is 4.79 Å². The van der Waals surface area contributed by atoms with Crippen LogP contribution in [0.4, 0.5) is 0 Å². The Kier molecular flexibility index (Phi) is 5.48. The van der Waals surface area contributed by atoms with Crippen LogP contribution in [0.1, 0.15) is 48.5 Å². The van der Waals surface area contributed by atoms with Crippen molar-refractivity contribution in [3.05, 3.63) is 24.2 Å². The topological polar surface area (TPSA) is 81.5 Å². The van der Waals surface area contributed by atoms with Crippen LogP contribution in [0.3, 0.4) is 0 Å². The Morgan fingerprint density at radius 3 is 2.72 bits per heavy atom. The van der Waals surface area contributed by atoms with Crippen LogP contribution in [0, 0.1) is 0 Å². The third-order valence-electron chi connectivity index (χ3n) is 6.49. The fourth-order valence-corrected chi connectivity index (χ4v) is 4.82. The van der Waals surface area contributed by atoms with E-state index in [1.807, 2.05) is 12.4 Å². The van der Waals surface area contributed by atoms with Gasteiger partial charge in [0, 0.05) is 25.5 Å². The van der Waals surface area contributed by atoms with Gasteiger partial charge in [0.05, 0.1) is 37.2 Å². The Bertz CT molecular complexity index is 857. The van der Waals surface area contributed by atoms with Crippen molar-refractivity contribution in [2.24, 2.45) is 0 Å². The van der Waals surface area contributed by atoms with E-state index >= 15 is 0 Å². The highest BCUT2D eigenvalue weighted by Crippen LogP contribution is 2.25. The van der Waals surface area contributed by atoms with Gasteiger partial charge in [-0.05, 0) is 44.8 Å². The molecule has 3 fully saturated rings. The number of ether oxygens (including phenoxy) is 2. The number of carbonyl (C=O) groups is 1. The molecule has 1 amide bonds. The first-order valence-electron chi connectivity index (χ1n) is 10.8. The average Bonchev–Trinajstić information content (AvgIpc) is 3.41. The first-order chi connectivity index (χ1) is 14.3. The Balaban J connectivity index is 1.29. The van der Waals surface area contributed by atoms with Gasteiger partial charge in [0.25, 0.3) is 5.91 Å². The number of nitrogens with zero attached hydrogens (tertiary/aromatic N) is 4. The third kappa shape index (κ3) is 3.89. The number of amides is 1. The van der Waals surface area contributed by atoms with Crippen LogP contribution in [0.5, 0.6) is 0 Å². The maximum absolute atomic E-state index is 12.9. The predicted molar refractivity (Wildman–Crippen MR) is 108 cm³/mol. The molecule has 5 heterocycles. The molecular weight excluding hydrogens is 370 g/mol. The number of fused-ring (bicyclic) bond motifs is 1. The van der Waals surface area contributed by atoms with Gasteiger partial charge in [-0.2, -0.15) is 0 Å². The zero-order valence-corrected chi connectivity index (χ0v) is 16.8. The highest BCUT2D eigenvalue weighted by molar-refractivity contribution is 5.96. The molecule has 2 aromatic rings. The minimum Gasteiger partial charge on any atom is -0.381 e. The van der Waals surface area contributed by atoms with Gasteiger partial charge >= 0.3 is 0 Å². The first-order valence-corrected chi connectivity index (χ1v) is 10.8. The minimum absolute atomic E-state index is 0.0242. The summed E-state index contributed by atoms with van der Waals surface area (Å²) >= 11 is 0. The minimum atomic E-state index is -0.0995. The van der Waals surface area contributed by atoms with Crippen LogP contribution in [0.2, 0.25) is 0 Å². The van der Waals surface area contributed by atoms with Crippen molar-refractivity contribution in [2.75, 3.05) is 39.5 Å². The standard InChI is InChI=1S/C21H29N5O3/c27-21(24-18-12-29-13-19(18)25-6-2-1-3-7-25)15-10-17-20(22-11-15)26(14-23-17)16-4-8-28-9-5-16/h10-11,14,16,18-19H,1-9,12-13H2,(H,24,27)/t18-,19-/m0/s1. The summed E-state index contributed by atoms with van der Waals surface area (Å²) in [4.78, 5) is 24.5. The van der Waals surface area contributed by atoms with Crippen molar-refractivity contribution in [3.8, 4) is 0 Å². The van der Waals surface area contributed by atoms with Crippen LogP contribution < -0.4 is 5.32 Å². The zero-order valence-electron chi connectivity index (χ0n) is 16.8. The molecule has 1 N–H and O–H groups in total. The quantitative estimate of drug-likeness (QED) is 0.844. The molecule has 3 aliphatic rings. The maximum atomic E-state index is 12.9. The average molecular weight is 399 g/mol. The van der Waals surface area contributed by atoms with Gasteiger partial charge in [-0.1, -0.05) is 6.42 Å². The van der Waals surface area contributed by atoms with E-state index in [-0.39, 0.29) is 18.0 Å². The van der Waals surface area contributed by atoms with Crippen molar-refractivity contribution in [2.45, 2.75) is 50.2 Å². The van der Waals surface area contributed by atoms with Crippen molar-refractivity contribution < 1.29 is 14.3 Å². The number of likely N-dealkylation sites (tertiary alicyclic amines) is 1. The zero-order chi connectivity index (χ0) is 19.6. The lowest BCUT2D eigenvalue weighted by molar-refractivity contribution is 0.0704. The molecule has 0 unspecified atom stereocenters. The molecule has 29 heavy (non-hydrogen) atoms. The molecule has 2 atom stereocenters. The Hall–Kier alpha value is -2.03. The highest BCUT2D eigenvalue weighted by Gasteiger charge is 2.34. The molecule has 2 aromatic heterocycles. The Labute approximate surface area is 170 Å². The molecule has 3 saturated heterocycles. The second-order valence-corrected chi connectivity index (χ2v) is 8.34. The van der Waals surface area contributed by atoms with Gasteiger partial charge in [-0.3, -0.25) is 9.69 Å². The van der Waals surface area contributed by atoms with Gasteiger partial charge in [0.2, 0.25) is 0 Å². The van der Waals surface area contributed by atoms with Crippen LogP contribution >= 0.6 is 0 Å². The van der Waals surface area contributed by atoms with E-state index in [0.29, 0.717) is 24.8 Å². The van der Waals surface area contributed by atoms with Gasteiger partial charge < -0.3 is 19.4 Å². The van der Waals surface area contributed by atoms with E-state index in [1.165, 1.54) is 19.3 Å². The summed E-state index contributed by atoms with van der Waals surface area (Å²) in [6, 6.07) is 2.50. The van der Waals surface area contributed by atoms with Crippen molar-refractivity contribution in [1.82, 2.24) is 24.8 Å². The van der Waals surface area contributed by atoms with E-state index in [0.717, 1.165) is 50.3 Å². The van der Waals surface area contributed by atoms with Gasteiger partial charge in [-0.25, -0.2) is 9.97 Å². The summed E-state index contributed by atoms with van der Waals surface area (Å²) in [7, 11) is 0. The molecular formula is C21H29N5O3. The molecule has 0 radical (unpaired) electrons. The van der Waals surface area contributed by atoms with Crippen molar-refractivity contribution in [3.63, 3.8) is 0 Å². The number of imidazole rings is 1. The number of carbonyl (C=O) groups excluding carboxylic acids is 1. The van der Waals surface area contributed by atoms with E-state index in [4.69, 9.17) is 9.47 Å². The second kappa shape index (κ2) is 8.38. The maximum Gasteiger partial charge on any atom is 0.253 e. The first kappa shape index (κ1) is 19.0. The van der Waals surface area contributed by atoms with E-state index in [1.54, 1.807) is 6.20 Å². The largest absolute Gasteiger partial charge is 0.381 e. The van der Waals surface area contributed by atoms with Crippen LogP contribution in [-0.2, 0) is 9.47 Å². The van der Waals surface area contributed by atoms with Crippen LogP contribution in [0.25, 0.3) is 11.2 Å².